The summed E-state index contributed by atoms with van der Waals surface area (Å²) in [4.78, 5) is 25.0. The number of methoxy groups -OCH3 is 1. The van der Waals surface area contributed by atoms with Crippen molar-refractivity contribution in [1.82, 2.24) is 5.48 Å². The summed E-state index contributed by atoms with van der Waals surface area (Å²) in [5.41, 5.74) is 3.63. The van der Waals surface area contributed by atoms with Crippen molar-refractivity contribution in [3.05, 3.63) is 87.3 Å². The number of carbonyl (C=O) groups is 2. The Balaban J connectivity index is 1.92. The van der Waals surface area contributed by atoms with Crippen molar-refractivity contribution < 1.29 is 19.5 Å². The molecule has 138 valence electrons. The normalized spacial score (nSPS) is 17.5. The van der Waals surface area contributed by atoms with E-state index in [1.807, 2.05) is 12.1 Å². The number of carbonyl (C=O) groups excluding carboxylic acids is 2. The Morgan fingerprint density at radius 2 is 1.81 bits per heavy atom. The number of benzene rings is 2. The molecule has 2 N–H and O–H groups in total. The molecule has 2 aromatic rings. The van der Waals surface area contributed by atoms with Gasteiger partial charge in [-0.15, -0.1) is 11.8 Å². The number of rotatable bonds is 5. The summed E-state index contributed by atoms with van der Waals surface area (Å²) >= 11 is 7.30. The van der Waals surface area contributed by atoms with Crippen molar-refractivity contribution >= 4 is 35.1 Å². The predicted molar refractivity (Wildman–Crippen MR) is 105 cm³/mol. The maximum atomic E-state index is 12.9. The summed E-state index contributed by atoms with van der Waals surface area (Å²) in [5, 5.41) is 9.17. The summed E-state index contributed by atoms with van der Waals surface area (Å²) in [6.45, 7) is 0. The lowest BCUT2D eigenvalue weighted by Crippen LogP contribution is -2.16. The minimum Gasteiger partial charge on any atom is -0.497 e. The molecule has 5 nitrogen and oxygen atoms in total. The predicted octanol–water partition coefficient (Wildman–Crippen LogP) is 4.34. The molecule has 7 heteroatoms. The second-order valence-electron chi connectivity index (χ2n) is 5.74. The Labute approximate surface area is 165 Å². The second kappa shape index (κ2) is 8.43. The monoisotopic (exact) mass is 401 g/mol. The smallest absolute Gasteiger partial charge is 0.267 e. The topological polar surface area (TPSA) is 75.6 Å². The fourth-order valence-corrected chi connectivity index (χ4v) is 4.03. The van der Waals surface area contributed by atoms with E-state index in [-0.39, 0.29) is 11.0 Å². The van der Waals surface area contributed by atoms with Gasteiger partial charge in [0.1, 0.15) is 5.75 Å². The van der Waals surface area contributed by atoms with Crippen molar-refractivity contribution in [3.63, 3.8) is 0 Å². The number of ether oxygens (including phenoxy) is 1. The van der Waals surface area contributed by atoms with Gasteiger partial charge in [0.15, 0.2) is 5.78 Å². The van der Waals surface area contributed by atoms with Gasteiger partial charge in [0, 0.05) is 16.7 Å². The van der Waals surface area contributed by atoms with Crippen molar-refractivity contribution in [2.45, 2.75) is 5.25 Å². The highest BCUT2D eigenvalue weighted by molar-refractivity contribution is 8.04. The quantitative estimate of drug-likeness (QED) is 0.337. The van der Waals surface area contributed by atoms with E-state index in [1.54, 1.807) is 55.1 Å². The Kier molecular flexibility index (Phi) is 6.01. The van der Waals surface area contributed by atoms with Crippen LogP contribution in [0.25, 0.3) is 0 Å². The van der Waals surface area contributed by atoms with Crippen LogP contribution in [-0.2, 0) is 4.79 Å². The molecule has 1 heterocycles. The van der Waals surface area contributed by atoms with E-state index >= 15 is 0 Å². The molecular weight excluding hydrogens is 386 g/mol. The van der Waals surface area contributed by atoms with Gasteiger partial charge in [-0.2, -0.15) is 0 Å². The molecule has 0 spiro atoms. The molecule has 0 fully saturated rings. The standard InChI is InChI=1S/C20H16ClNO4S/c1-26-16-8-4-12(5-9-16)19(24)17-10-14(11-18(23)22-25)20(27-17)13-2-6-15(21)7-3-13/h2-11,20,25H,1H3,(H,22,23). The van der Waals surface area contributed by atoms with Crippen LogP contribution in [0.3, 0.4) is 0 Å². The molecule has 0 saturated heterocycles. The molecule has 0 aromatic heterocycles. The Bertz CT molecular complexity index is 920. The molecule has 0 saturated carbocycles. The number of allylic oxidation sites excluding steroid dienone is 2. The zero-order valence-electron chi connectivity index (χ0n) is 14.3. The van der Waals surface area contributed by atoms with Gasteiger partial charge >= 0.3 is 0 Å². The van der Waals surface area contributed by atoms with Crippen LogP contribution in [0, 0.1) is 0 Å². The number of amides is 1. The van der Waals surface area contributed by atoms with Crippen LogP contribution < -0.4 is 10.2 Å². The minimum absolute atomic E-state index is 0.144. The maximum absolute atomic E-state index is 12.9. The Morgan fingerprint density at radius 1 is 1.15 bits per heavy atom. The van der Waals surface area contributed by atoms with Crippen molar-refractivity contribution in [3.8, 4) is 5.75 Å². The molecular formula is C20H16ClNO4S. The van der Waals surface area contributed by atoms with Crippen molar-refractivity contribution in [2.75, 3.05) is 7.11 Å². The van der Waals surface area contributed by atoms with E-state index in [4.69, 9.17) is 21.5 Å². The number of thioether (sulfide) groups is 1. The third-order valence-corrected chi connectivity index (χ3v) is 5.59. The summed E-state index contributed by atoms with van der Waals surface area (Å²) in [5.74, 6) is -0.132. The highest BCUT2D eigenvalue weighted by Crippen LogP contribution is 2.48. The number of halogens is 1. The molecule has 1 atom stereocenters. The van der Waals surface area contributed by atoms with Crippen LogP contribution in [-0.4, -0.2) is 24.0 Å². The number of Topliss-reactive ketones (excluding diaryl/α,β-unsaturated/α-hetero) is 1. The average Bonchev–Trinajstić information content (AvgIpc) is 3.11. The summed E-state index contributed by atoms with van der Waals surface area (Å²) in [6, 6.07) is 14.0. The highest BCUT2D eigenvalue weighted by atomic mass is 35.5. The summed E-state index contributed by atoms with van der Waals surface area (Å²) in [7, 11) is 1.56. The molecule has 3 rings (SSSR count). The van der Waals surface area contributed by atoms with E-state index in [9.17, 15) is 9.59 Å². The van der Waals surface area contributed by atoms with Gasteiger partial charge in [-0.25, -0.2) is 5.48 Å². The first-order valence-electron chi connectivity index (χ1n) is 8.00. The Hall–Kier alpha value is -2.54. The van der Waals surface area contributed by atoms with Crippen LogP contribution in [0.15, 0.2) is 71.2 Å². The minimum atomic E-state index is -0.654. The van der Waals surface area contributed by atoms with Gasteiger partial charge in [0.2, 0.25) is 0 Å². The zero-order chi connectivity index (χ0) is 19.4. The first-order chi connectivity index (χ1) is 13.0. The van der Waals surface area contributed by atoms with E-state index in [0.29, 0.717) is 26.8 Å². The molecule has 1 unspecified atom stereocenters. The number of nitrogens with one attached hydrogen (secondary N) is 1. The SMILES string of the molecule is COc1ccc(C(=O)C2=CC(=CC(=O)NO)C(c3ccc(Cl)cc3)S2)cc1. The van der Waals surface area contributed by atoms with Gasteiger partial charge in [-0.3, -0.25) is 14.8 Å². The van der Waals surface area contributed by atoms with E-state index in [0.717, 1.165) is 5.56 Å². The van der Waals surface area contributed by atoms with Gasteiger partial charge in [-0.05, 0) is 53.6 Å². The van der Waals surface area contributed by atoms with E-state index in [2.05, 4.69) is 0 Å². The van der Waals surface area contributed by atoms with Gasteiger partial charge in [0.25, 0.3) is 5.91 Å². The molecule has 0 radical (unpaired) electrons. The number of hydrogen-bond acceptors (Lipinski definition) is 5. The maximum Gasteiger partial charge on any atom is 0.267 e. The largest absolute Gasteiger partial charge is 0.497 e. The first kappa shape index (κ1) is 19.2. The third kappa shape index (κ3) is 4.42. The first-order valence-corrected chi connectivity index (χ1v) is 9.26. The number of ketones is 1. The van der Waals surface area contributed by atoms with Gasteiger partial charge < -0.3 is 4.74 Å². The van der Waals surface area contributed by atoms with Gasteiger partial charge in [-0.1, -0.05) is 23.7 Å². The highest BCUT2D eigenvalue weighted by Gasteiger charge is 2.29. The van der Waals surface area contributed by atoms with Crippen LogP contribution in [0.5, 0.6) is 5.75 Å². The third-order valence-electron chi connectivity index (χ3n) is 4.00. The fourth-order valence-electron chi connectivity index (χ4n) is 2.66. The van der Waals surface area contributed by atoms with Crippen molar-refractivity contribution in [1.29, 1.82) is 0 Å². The Morgan fingerprint density at radius 3 is 2.41 bits per heavy atom. The lowest BCUT2D eigenvalue weighted by atomic mass is 10.0. The molecule has 0 bridgehead atoms. The molecule has 1 amide bonds. The second-order valence-corrected chi connectivity index (χ2v) is 7.32. The van der Waals surface area contributed by atoms with Crippen LogP contribution >= 0.6 is 23.4 Å². The number of hydroxylamine groups is 1. The van der Waals surface area contributed by atoms with Gasteiger partial charge in [0.05, 0.1) is 17.3 Å². The lowest BCUT2D eigenvalue weighted by molar-refractivity contribution is -0.124. The fraction of sp³-hybridized carbons (Fsp3) is 0.100. The molecule has 2 aromatic carbocycles. The molecule has 0 aliphatic carbocycles. The molecule has 27 heavy (non-hydrogen) atoms. The lowest BCUT2D eigenvalue weighted by Gasteiger charge is -2.12. The molecule has 1 aliphatic heterocycles. The summed E-state index contributed by atoms with van der Waals surface area (Å²) < 4.78 is 5.11. The summed E-state index contributed by atoms with van der Waals surface area (Å²) in [6.07, 6.45) is 2.95. The number of hydrogen-bond donors (Lipinski definition) is 2. The van der Waals surface area contributed by atoms with Crippen LogP contribution in [0.1, 0.15) is 21.2 Å². The van der Waals surface area contributed by atoms with Crippen molar-refractivity contribution in [2.24, 2.45) is 0 Å². The van der Waals surface area contributed by atoms with E-state index in [1.165, 1.54) is 17.8 Å². The van der Waals surface area contributed by atoms with E-state index < -0.39 is 5.91 Å². The van der Waals surface area contributed by atoms with Crippen LogP contribution in [0.4, 0.5) is 0 Å². The van der Waals surface area contributed by atoms with Crippen LogP contribution in [0.2, 0.25) is 5.02 Å². The average molecular weight is 402 g/mol. The zero-order valence-corrected chi connectivity index (χ0v) is 15.9. The molecule has 1 aliphatic rings.